The lowest BCUT2D eigenvalue weighted by molar-refractivity contribution is -0.133. The first kappa shape index (κ1) is 14.3. The van der Waals surface area contributed by atoms with Gasteiger partial charge in [0, 0.05) is 6.61 Å². The first-order valence-electron chi connectivity index (χ1n) is 6.76. The van der Waals surface area contributed by atoms with Crippen molar-refractivity contribution in [2.24, 2.45) is 0 Å². The highest BCUT2D eigenvalue weighted by atomic mass is 32.2. The number of rotatable bonds is 5. The summed E-state index contributed by atoms with van der Waals surface area (Å²) in [6.45, 7) is 1.31. The summed E-state index contributed by atoms with van der Waals surface area (Å²) in [4.78, 5) is 15.0. The molecule has 7 heteroatoms. The SMILES string of the molecule is O=C(O)CSc1nc2c(F)cccc2n1CC1CCCO1. The Kier molecular flexibility index (Phi) is 4.12. The molecule has 1 aliphatic rings. The Bertz CT molecular complexity index is 668. The average molecular weight is 310 g/mol. The number of benzene rings is 1. The molecular formula is C14H15FN2O3S. The molecule has 0 bridgehead atoms. The van der Waals surface area contributed by atoms with Gasteiger partial charge in [0.05, 0.1) is 23.9 Å². The number of carboxylic acids is 1. The molecule has 1 fully saturated rings. The van der Waals surface area contributed by atoms with Gasteiger partial charge in [-0.25, -0.2) is 9.37 Å². The quantitative estimate of drug-likeness (QED) is 0.860. The second kappa shape index (κ2) is 6.03. The molecule has 0 saturated carbocycles. The second-order valence-corrected chi connectivity index (χ2v) is 5.87. The molecule has 2 heterocycles. The third-order valence-corrected chi connectivity index (χ3v) is 4.39. The van der Waals surface area contributed by atoms with Crippen molar-refractivity contribution in [2.75, 3.05) is 12.4 Å². The Morgan fingerprint density at radius 1 is 1.57 bits per heavy atom. The lowest BCUT2D eigenvalue weighted by Crippen LogP contribution is -2.16. The van der Waals surface area contributed by atoms with Crippen LogP contribution in [0.3, 0.4) is 0 Å². The van der Waals surface area contributed by atoms with Crippen molar-refractivity contribution in [1.82, 2.24) is 9.55 Å². The number of imidazole rings is 1. The number of thioether (sulfide) groups is 1. The van der Waals surface area contributed by atoms with E-state index in [0.29, 0.717) is 17.2 Å². The first-order valence-corrected chi connectivity index (χ1v) is 7.74. The van der Waals surface area contributed by atoms with E-state index in [2.05, 4.69) is 4.98 Å². The number of para-hydroxylation sites is 1. The number of aliphatic carboxylic acids is 1. The lowest BCUT2D eigenvalue weighted by Gasteiger charge is -2.13. The van der Waals surface area contributed by atoms with Crippen LogP contribution in [0.2, 0.25) is 0 Å². The van der Waals surface area contributed by atoms with Gasteiger partial charge in [-0.1, -0.05) is 17.8 Å². The normalized spacial score (nSPS) is 18.4. The van der Waals surface area contributed by atoms with Gasteiger partial charge in [0.1, 0.15) is 5.52 Å². The van der Waals surface area contributed by atoms with Crippen LogP contribution in [0.5, 0.6) is 0 Å². The molecule has 1 unspecified atom stereocenters. The summed E-state index contributed by atoms with van der Waals surface area (Å²) in [5.74, 6) is -1.41. The summed E-state index contributed by atoms with van der Waals surface area (Å²) in [5, 5.41) is 9.34. The van der Waals surface area contributed by atoms with Gasteiger partial charge in [-0.3, -0.25) is 4.79 Å². The highest BCUT2D eigenvalue weighted by Crippen LogP contribution is 2.27. The molecule has 2 aromatic rings. The van der Waals surface area contributed by atoms with E-state index >= 15 is 0 Å². The number of nitrogens with zero attached hydrogens (tertiary/aromatic N) is 2. The van der Waals surface area contributed by atoms with Crippen LogP contribution >= 0.6 is 11.8 Å². The van der Waals surface area contributed by atoms with Gasteiger partial charge < -0.3 is 14.4 Å². The van der Waals surface area contributed by atoms with Crippen LogP contribution in [0.4, 0.5) is 4.39 Å². The van der Waals surface area contributed by atoms with Crippen LogP contribution in [0.1, 0.15) is 12.8 Å². The Hall–Kier alpha value is -1.60. The van der Waals surface area contributed by atoms with E-state index in [4.69, 9.17) is 9.84 Å². The van der Waals surface area contributed by atoms with Gasteiger partial charge in [0.15, 0.2) is 11.0 Å². The van der Waals surface area contributed by atoms with E-state index < -0.39 is 11.8 Å². The smallest absolute Gasteiger partial charge is 0.313 e. The minimum atomic E-state index is -0.920. The topological polar surface area (TPSA) is 64.3 Å². The van der Waals surface area contributed by atoms with Crippen LogP contribution in [0.25, 0.3) is 11.0 Å². The molecule has 21 heavy (non-hydrogen) atoms. The van der Waals surface area contributed by atoms with Gasteiger partial charge in [0.2, 0.25) is 0 Å². The third-order valence-electron chi connectivity index (χ3n) is 3.43. The van der Waals surface area contributed by atoms with E-state index in [-0.39, 0.29) is 17.4 Å². The predicted molar refractivity (Wildman–Crippen MR) is 77.0 cm³/mol. The van der Waals surface area contributed by atoms with E-state index in [1.165, 1.54) is 6.07 Å². The van der Waals surface area contributed by atoms with Gasteiger partial charge >= 0.3 is 5.97 Å². The maximum Gasteiger partial charge on any atom is 0.313 e. The zero-order valence-corrected chi connectivity index (χ0v) is 12.1. The highest BCUT2D eigenvalue weighted by molar-refractivity contribution is 7.99. The van der Waals surface area contributed by atoms with E-state index in [9.17, 15) is 9.18 Å². The number of carbonyl (C=O) groups is 1. The fraction of sp³-hybridized carbons (Fsp3) is 0.429. The molecule has 1 atom stereocenters. The van der Waals surface area contributed by atoms with Crippen molar-refractivity contribution >= 4 is 28.8 Å². The predicted octanol–water partition coefficient (Wildman–Crippen LogP) is 2.53. The monoisotopic (exact) mass is 310 g/mol. The van der Waals surface area contributed by atoms with Crippen molar-refractivity contribution in [3.63, 3.8) is 0 Å². The summed E-state index contributed by atoms with van der Waals surface area (Å²) in [7, 11) is 0. The summed E-state index contributed by atoms with van der Waals surface area (Å²) >= 11 is 1.10. The largest absolute Gasteiger partial charge is 0.481 e. The van der Waals surface area contributed by atoms with Gasteiger partial charge in [0.25, 0.3) is 0 Å². The van der Waals surface area contributed by atoms with Crippen LogP contribution in [0, 0.1) is 5.82 Å². The molecule has 1 aromatic heterocycles. The number of fused-ring (bicyclic) bond motifs is 1. The van der Waals surface area contributed by atoms with Crippen molar-refractivity contribution in [2.45, 2.75) is 30.6 Å². The number of aromatic nitrogens is 2. The Morgan fingerprint density at radius 3 is 3.14 bits per heavy atom. The molecule has 112 valence electrons. The molecule has 5 nitrogen and oxygen atoms in total. The highest BCUT2D eigenvalue weighted by Gasteiger charge is 2.21. The van der Waals surface area contributed by atoms with Crippen LogP contribution in [-0.2, 0) is 16.1 Å². The number of hydrogen-bond acceptors (Lipinski definition) is 4. The van der Waals surface area contributed by atoms with Crippen molar-refractivity contribution in [3.05, 3.63) is 24.0 Å². The van der Waals surface area contributed by atoms with Crippen LogP contribution < -0.4 is 0 Å². The summed E-state index contributed by atoms with van der Waals surface area (Å²) < 4.78 is 21.3. The fourth-order valence-electron chi connectivity index (χ4n) is 2.50. The molecule has 0 aliphatic carbocycles. The van der Waals surface area contributed by atoms with Crippen LogP contribution in [0.15, 0.2) is 23.4 Å². The zero-order valence-electron chi connectivity index (χ0n) is 11.3. The molecule has 1 aliphatic heterocycles. The molecule has 3 rings (SSSR count). The average Bonchev–Trinajstić information content (AvgIpc) is 3.07. The molecule has 1 saturated heterocycles. The number of halogens is 1. The maximum absolute atomic E-state index is 13.9. The Labute approximate surface area is 125 Å². The minimum absolute atomic E-state index is 0.0786. The fourth-order valence-corrected chi connectivity index (χ4v) is 3.23. The van der Waals surface area contributed by atoms with E-state index in [1.54, 1.807) is 12.1 Å². The number of hydrogen-bond donors (Lipinski definition) is 1. The molecule has 0 spiro atoms. The molecule has 1 aromatic carbocycles. The number of ether oxygens (including phenoxy) is 1. The molecular weight excluding hydrogens is 295 g/mol. The van der Waals surface area contributed by atoms with E-state index in [1.807, 2.05) is 4.57 Å². The standard InChI is InChI=1S/C14H15FN2O3S/c15-10-4-1-5-11-13(10)16-14(21-8-12(18)19)17(11)7-9-3-2-6-20-9/h1,4-5,9H,2-3,6-8H2,(H,18,19). The third kappa shape index (κ3) is 3.03. The van der Waals surface area contributed by atoms with Gasteiger partial charge in [-0.2, -0.15) is 0 Å². The zero-order chi connectivity index (χ0) is 14.8. The maximum atomic E-state index is 13.9. The summed E-state index contributed by atoms with van der Waals surface area (Å²) in [5.41, 5.74) is 0.960. The summed E-state index contributed by atoms with van der Waals surface area (Å²) in [6, 6.07) is 4.79. The second-order valence-electron chi connectivity index (χ2n) is 4.93. The van der Waals surface area contributed by atoms with Crippen molar-refractivity contribution < 1.29 is 19.0 Å². The Morgan fingerprint density at radius 2 is 2.43 bits per heavy atom. The number of carboxylic acid groups (broad SMARTS) is 1. The van der Waals surface area contributed by atoms with Crippen LogP contribution in [-0.4, -0.2) is 39.1 Å². The Balaban J connectivity index is 1.97. The first-order chi connectivity index (χ1) is 10.1. The van der Waals surface area contributed by atoms with Gasteiger partial charge in [-0.05, 0) is 25.0 Å². The van der Waals surface area contributed by atoms with Crippen molar-refractivity contribution in [1.29, 1.82) is 0 Å². The molecule has 0 radical (unpaired) electrons. The molecule has 1 N–H and O–H groups in total. The minimum Gasteiger partial charge on any atom is -0.481 e. The molecule has 0 amide bonds. The summed E-state index contributed by atoms with van der Waals surface area (Å²) in [6.07, 6.45) is 2.05. The van der Waals surface area contributed by atoms with Crippen molar-refractivity contribution in [3.8, 4) is 0 Å². The lowest BCUT2D eigenvalue weighted by atomic mass is 10.2. The van der Waals surface area contributed by atoms with Gasteiger partial charge in [-0.15, -0.1) is 0 Å². The van der Waals surface area contributed by atoms with E-state index in [0.717, 1.165) is 31.2 Å².